The summed E-state index contributed by atoms with van der Waals surface area (Å²) in [6.45, 7) is 5.99. The second-order valence-electron chi connectivity index (χ2n) is 7.95. The molecule has 1 aromatic heterocycles. The molecule has 1 amide bonds. The second kappa shape index (κ2) is 9.62. The number of fused-ring (bicyclic) bond motifs is 1. The van der Waals surface area contributed by atoms with E-state index in [9.17, 15) is 13.2 Å². The highest BCUT2D eigenvalue weighted by atomic mass is 32.2. The predicted octanol–water partition coefficient (Wildman–Crippen LogP) is 2.44. The molecule has 170 valence electrons. The number of amides is 1. The number of nitrogens with one attached hydrogen (secondary N) is 1. The van der Waals surface area contributed by atoms with E-state index in [1.54, 1.807) is 18.2 Å². The van der Waals surface area contributed by atoms with Crippen molar-refractivity contribution in [2.75, 3.05) is 32.7 Å². The van der Waals surface area contributed by atoms with Crippen LogP contribution in [-0.4, -0.2) is 65.0 Å². The van der Waals surface area contributed by atoms with Gasteiger partial charge in [0.2, 0.25) is 15.9 Å². The summed E-state index contributed by atoms with van der Waals surface area (Å²) in [5.74, 6) is -0.0632. The predicted molar refractivity (Wildman–Crippen MR) is 125 cm³/mol. The van der Waals surface area contributed by atoms with Crippen molar-refractivity contribution in [3.8, 4) is 0 Å². The number of carbonyl (C=O) groups is 1. The summed E-state index contributed by atoms with van der Waals surface area (Å²) in [5, 5.41) is 3.04. The molecular formula is C22H27N5O3S2. The molecule has 4 rings (SSSR count). The average Bonchev–Trinajstić information content (AvgIpc) is 3.28. The van der Waals surface area contributed by atoms with Gasteiger partial charge in [-0.3, -0.25) is 9.69 Å². The van der Waals surface area contributed by atoms with Gasteiger partial charge >= 0.3 is 0 Å². The summed E-state index contributed by atoms with van der Waals surface area (Å²) in [6.07, 6.45) is 0.985. The number of hydrogen-bond acceptors (Lipinski definition) is 7. The maximum absolute atomic E-state index is 13.1. The zero-order chi connectivity index (χ0) is 22.7. The quantitative estimate of drug-likeness (QED) is 0.566. The average molecular weight is 474 g/mol. The van der Waals surface area contributed by atoms with Gasteiger partial charge in [0.1, 0.15) is 15.9 Å². The molecule has 1 N–H and O–H groups in total. The zero-order valence-corrected chi connectivity index (χ0v) is 19.8. The highest BCUT2D eigenvalue weighted by Crippen LogP contribution is 2.25. The van der Waals surface area contributed by atoms with Crippen LogP contribution in [-0.2, 0) is 21.2 Å². The van der Waals surface area contributed by atoms with E-state index in [4.69, 9.17) is 0 Å². The van der Waals surface area contributed by atoms with E-state index in [1.807, 2.05) is 24.0 Å². The molecule has 32 heavy (non-hydrogen) atoms. The Bertz CT molecular complexity index is 1190. The van der Waals surface area contributed by atoms with Crippen molar-refractivity contribution >= 4 is 38.7 Å². The van der Waals surface area contributed by atoms with Crippen LogP contribution in [0.2, 0.25) is 0 Å². The van der Waals surface area contributed by atoms with Crippen LogP contribution in [0.1, 0.15) is 31.0 Å². The van der Waals surface area contributed by atoms with Crippen LogP contribution in [0.15, 0.2) is 47.4 Å². The lowest BCUT2D eigenvalue weighted by Gasteiger charge is -2.33. The lowest BCUT2D eigenvalue weighted by molar-refractivity contribution is -0.123. The number of carbonyl (C=O) groups excluding carboxylic acids is 1. The highest BCUT2D eigenvalue weighted by molar-refractivity contribution is 7.89. The van der Waals surface area contributed by atoms with Gasteiger partial charge in [0.25, 0.3) is 0 Å². The molecular weight excluding hydrogens is 446 g/mol. The van der Waals surface area contributed by atoms with E-state index in [0.29, 0.717) is 37.2 Å². The molecule has 1 saturated heterocycles. The molecule has 0 bridgehead atoms. The molecule has 8 nitrogen and oxygen atoms in total. The number of aryl methyl sites for hydroxylation is 1. The minimum atomic E-state index is -3.66. The number of piperazine rings is 1. The zero-order valence-electron chi connectivity index (χ0n) is 18.2. The molecule has 0 radical (unpaired) electrons. The van der Waals surface area contributed by atoms with Crippen LogP contribution in [0.3, 0.4) is 0 Å². The third-order valence-corrected chi connectivity index (χ3v) is 8.30. The standard InChI is InChI=1S/C22H27N5O3S2/c1-3-17-7-9-18(10-8-17)16(2)23-21(28)15-26-11-13-27(14-12-26)32(29,30)20-6-4-5-19-22(20)25-31-24-19/h4-10,16H,3,11-15H2,1-2H3,(H,23,28). The number of nitrogens with zero attached hydrogens (tertiary/aromatic N) is 4. The Balaban J connectivity index is 1.32. The van der Waals surface area contributed by atoms with Crippen molar-refractivity contribution in [2.24, 2.45) is 0 Å². The lowest BCUT2D eigenvalue weighted by atomic mass is 10.1. The van der Waals surface area contributed by atoms with Crippen molar-refractivity contribution in [3.05, 3.63) is 53.6 Å². The third kappa shape index (κ3) is 4.83. The summed E-state index contributed by atoms with van der Waals surface area (Å²) in [7, 11) is -3.66. The molecule has 3 aromatic rings. The van der Waals surface area contributed by atoms with Gasteiger partial charge < -0.3 is 5.32 Å². The topological polar surface area (TPSA) is 95.5 Å². The van der Waals surface area contributed by atoms with Crippen molar-refractivity contribution in [3.63, 3.8) is 0 Å². The highest BCUT2D eigenvalue weighted by Gasteiger charge is 2.31. The second-order valence-corrected chi connectivity index (χ2v) is 10.4. The van der Waals surface area contributed by atoms with E-state index in [2.05, 4.69) is 33.1 Å². The minimum Gasteiger partial charge on any atom is -0.348 e. The normalized spacial score (nSPS) is 16.8. The van der Waals surface area contributed by atoms with E-state index in [0.717, 1.165) is 23.7 Å². The SMILES string of the molecule is CCc1ccc(C(C)NC(=O)CN2CCN(S(=O)(=O)c3cccc4nsnc34)CC2)cc1. The van der Waals surface area contributed by atoms with Gasteiger partial charge in [0, 0.05) is 26.2 Å². The molecule has 1 atom stereocenters. The van der Waals surface area contributed by atoms with E-state index in [1.165, 1.54) is 9.87 Å². The van der Waals surface area contributed by atoms with Crippen LogP contribution < -0.4 is 5.32 Å². The Kier molecular flexibility index (Phi) is 6.85. The van der Waals surface area contributed by atoms with Crippen LogP contribution in [0, 0.1) is 0 Å². The van der Waals surface area contributed by atoms with Gasteiger partial charge in [-0.15, -0.1) is 0 Å². The maximum Gasteiger partial charge on any atom is 0.245 e. The van der Waals surface area contributed by atoms with Gasteiger partial charge in [-0.1, -0.05) is 37.3 Å². The fraction of sp³-hybridized carbons (Fsp3) is 0.409. The van der Waals surface area contributed by atoms with Gasteiger partial charge in [-0.25, -0.2) is 8.42 Å². The molecule has 10 heteroatoms. The molecule has 2 aromatic carbocycles. The fourth-order valence-electron chi connectivity index (χ4n) is 3.87. The molecule has 1 aliphatic rings. The van der Waals surface area contributed by atoms with Crippen LogP contribution >= 0.6 is 11.7 Å². The number of hydrogen-bond donors (Lipinski definition) is 1. The molecule has 1 aliphatic heterocycles. The number of rotatable bonds is 7. The minimum absolute atomic E-state index is 0.0632. The first kappa shape index (κ1) is 22.8. The van der Waals surface area contributed by atoms with Crippen LogP contribution in [0.4, 0.5) is 0 Å². The fourth-order valence-corrected chi connectivity index (χ4v) is 6.05. The Morgan fingerprint density at radius 1 is 1.09 bits per heavy atom. The van der Waals surface area contributed by atoms with Crippen LogP contribution in [0.5, 0.6) is 0 Å². The molecule has 0 saturated carbocycles. The maximum atomic E-state index is 13.1. The summed E-state index contributed by atoms with van der Waals surface area (Å²) < 4.78 is 36.0. The Labute approximate surface area is 192 Å². The first-order valence-corrected chi connectivity index (χ1v) is 12.9. The van der Waals surface area contributed by atoms with Crippen LogP contribution in [0.25, 0.3) is 11.0 Å². The lowest BCUT2D eigenvalue weighted by Crippen LogP contribution is -2.51. The van der Waals surface area contributed by atoms with Crippen molar-refractivity contribution in [1.29, 1.82) is 0 Å². The van der Waals surface area contributed by atoms with Gasteiger partial charge in [-0.05, 0) is 36.6 Å². The summed E-state index contributed by atoms with van der Waals surface area (Å²) in [5.41, 5.74) is 3.34. The first-order valence-electron chi connectivity index (χ1n) is 10.7. The molecule has 1 fully saturated rings. The largest absolute Gasteiger partial charge is 0.348 e. The van der Waals surface area contributed by atoms with Crippen molar-refractivity contribution in [1.82, 2.24) is 23.3 Å². The summed E-state index contributed by atoms with van der Waals surface area (Å²) in [6, 6.07) is 13.2. The van der Waals surface area contributed by atoms with Gasteiger partial charge in [0.05, 0.1) is 24.3 Å². The molecule has 2 heterocycles. The molecule has 0 spiro atoms. The molecule has 0 aliphatic carbocycles. The monoisotopic (exact) mass is 473 g/mol. The van der Waals surface area contributed by atoms with Crippen molar-refractivity contribution < 1.29 is 13.2 Å². The first-order chi connectivity index (χ1) is 15.4. The smallest absolute Gasteiger partial charge is 0.245 e. The number of benzene rings is 2. The van der Waals surface area contributed by atoms with E-state index in [-0.39, 0.29) is 23.4 Å². The van der Waals surface area contributed by atoms with Crippen molar-refractivity contribution in [2.45, 2.75) is 31.2 Å². The van der Waals surface area contributed by atoms with Gasteiger partial charge in [-0.2, -0.15) is 13.1 Å². The van der Waals surface area contributed by atoms with Gasteiger partial charge in [0.15, 0.2) is 0 Å². The van der Waals surface area contributed by atoms with E-state index >= 15 is 0 Å². The van der Waals surface area contributed by atoms with E-state index < -0.39 is 10.0 Å². The third-order valence-electron chi connectivity index (χ3n) is 5.83. The Morgan fingerprint density at radius 3 is 2.50 bits per heavy atom. The number of aromatic nitrogens is 2. The Hall–Kier alpha value is -2.40. The summed E-state index contributed by atoms with van der Waals surface area (Å²) in [4.78, 5) is 14.7. The number of sulfonamides is 1. The molecule has 1 unspecified atom stereocenters. The Morgan fingerprint density at radius 2 is 1.81 bits per heavy atom. The summed E-state index contributed by atoms with van der Waals surface area (Å²) >= 11 is 1.01.